The molecular formula is C15H21N3O. The number of hydrogen-bond donors (Lipinski definition) is 1. The van der Waals surface area contributed by atoms with Crippen molar-refractivity contribution in [2.24, 2.45) is 10.7 Å². The summed E-state index contributed by atoms with van der Waals surface area (Å²) in [5.74, 6) is 0.642. The first-order valence-corrected chi connectivity index (χ1v) is 6.93. The first kappa shape index (κ1) is 12.5. The summed E-state index contributed by atoms with van der Waals surface area (Å²) in [5, 5.41) is 0. The molecule has 2 unspecified atom stereocenters. The molecule has 1 aromatic carbocycles. The summed E-state index contributed by atoms with van der Waals surface area (Å²) < 4.78 is 5.58. The molecular weight excluding hydrogens is 238 g/mol. The summed E-state index contributed by atoms with van der Waals surface area (Å²) in [5.41, 5.74) is 7.29. The number of aliphatic imine (C=N–C) groups is 1. The minimum atomic E-state index is 0.0182. The largest absolute Gasteiger partial charge is 0.381 e. The van der Waals surface area contributed by atoms with E-state index in [-0.39, 0.29) is 5.54 Å². The number of nitrogens with zero attached hydrogens (tertiary/aromatic N) is 2. The van der Waals surface area contributed by atoms with E-state index in [9.17, 15) is 0 Å². The zero-order valence-corrected chi connectivity index (χ0v) is 11.4. The van der Waals surface area contributed by atoms with E-state index in [0.29, 0.717) is 12.1 Å². The van der Waals surface area contributed by atoms with Crippen molar-refractivity contribution in [2.75, 3.05) is 18.6 Å². The zero-order valence-electron chi connectivity index (χ0n) is 11.4. The predicted octanol–water partition coefficient (Wildman–Crippen LogP) is 2.15. The SMILES string of the molecule is COC1CCCC2(CN=C(N)N2c2ccccc2)C1. The number of rotatable bonds is 2. The molecule has 2 atom stereocenters. The number of anilines is 1. The van der Waals surface area contributed by atoms with Gasteiger partial charge in [0.1, 0.15) is 0 Å². The van der Waals surface area contributed by atoms with Crippen LogP contribution in [0.1, 0.15) is 25.7 Å². The summed E-state index contributed by atoms with van der Waals surface area (Å²) in [6, 6.07) is 10.3. The summed E-state index contributed by atoms with van der Waals surface area (Å²) >= 11 is 0. The Morgan fingerprint density at radius 2 is 2.16 bits per heavy atom. The van der Waals surface area contributed by atoms with Crippen LogP contribution in [0, 0.1) is 0 Å². The fourth-order valence-corrected chi connectivity index (χ4v) is 3.43. The summed E-state index contributed by atoms with van der Waals surface area (Å²) in [4.78, 5) is 6.72. The Labute approximate surface area is 114 Å². The van der Waals surface area contributed by atoms with Crippen molar-refractivity contribution < 1.29 is 4.74 Å². The van der Waals surface area contributed by atoms with Crippen LogP contribution in [0.15, 0.2) is 35.3 Å². The second-order valence-corrected chi connectivity index (χ2v) is 5.52. The second-order valence-electron chi connectivity index (χ2n) is 5.52. The lowest BCUT2D eigenvalue weighted by molar-refractivity contribution is 0.0459. The van der Waals surface area contributed by atoms with Gasteiger partial charge >= 0.3 is 0 Å². The minimum absolute atomic E-state index is 0.0182. The highest BCUT2D eigenvalue weighted by molar-refractivity contribution is 5.98. The Morgan fingerprint density at radius 3 is 2.89 bits per heavy atom. The number of guanidine groups is 1. The zero-order chi connectivity index (χ0) is 13.3. The van der Waals surface area contributed by atoms with Gasteiger partial charge in [0.2, 0.25) is 0 Å². The molecule has 2 N–H and O–H groups in total. The average Bonchev–Trinajstić information content (AvgIpc) is 2.76. The van der Waals surface area contributed by atoms with Crippen molar-refractivity contribution in [2.45, 2.75) is 37.3 Å². The molecule has 2 aliphatic rings. The maximum absolute atomic E-state index is 6.14. The van der Waals surface area contributed by atoms with E-state index in [0.717, 1.165) is 31.5 Å². The van der Waals surface area contributed by atoms with Crippen molar-refractivity contribution in [3.8, 4) is 0 Å². The van der Waals surface area contributed by atoms with Crippen LogP contribution in [-0.2, 0) is 4.74 Å². The Kier molecular flexibility index (Phi) is 3.19. The lowest BCUT2D eigenvalue weighted by Gasteiger charge is -2.44. The van der Waals surface area contributed by atoms with E-state index >= 15 is 0 Å². The molecule has 1 spiro atoms. The van der Waals surface area contributed by atoms with Crippen LogP contribution in [0.3, 0.4) is 0 Å². The predicted molar refractivity (Wildman–Crippen MR) is 77.4 cm³/mol. The number of methoxy groups -OCH3 is 1. The number of hydrogen-bond acceptors (Lipinski definition) is 4. The van der Waals surface area contributed by atoms with Gasteiger partial charge in [-0.15, -0.1) is 0 Å². The molecule has 0 aromatic heterocycles. The van der Waals surface area contributed by atoms with Gasteiger partial charge in [-0.25, -0.2) is 0 Å². The highest BCUT2D eigenvalue weighted by atomic mass is 16.5. The third kappa shape index (κ3) is 2.10. The number of para-hydroxylation sites is 1. The van der Waals surface area contributed by atoms with Crippen LogP contribution in [0.5, 0.6) is 0 Å². The van der Waals surface area contributed by atoms with Gasteiger partial charge in [0.25, 0.3) is 0 Å². The van der Waals surface area contributed by atoms with Crippen molar-refractivity contribution in [3.63, 3.8) is 0 Å². The second kappa shape index (κ2) is 4.85. The highest BCUT2D eigenvalue weighted by Crippen LogP contribution is 2.40. The number of nitrogens with two attached hydrogens (primary N) is 1. The van der Waals surface area contributed by atoms with Crippen LogP contribution in [0.4, 0.5) is 5.69 Å². The fourth-order valence-electron chi connectivity index (χ4n) is 3.43. The van der Waals surface area contributed by atoms with Crippen LogP contribution in [0.25, 0.3) is 0 Å². The average molecular weight is 259 g/mol. The van der Waals surface area contributed by atoms with Gasteiger partial charge in [0, 0.05) is 12.8 Å². The lowest BCUT2D eigenvalue weighted by atomic mass is 9.79. The first-order valence-electron chi connectivity index (χ1n) is 6.93. The molecule has 102 valence electrons. The topological polar surface area (TPSA) is 50.9 Å². The van der Waals surface area contributed by atoms with Crippen LogP contribution >= 0.6 is 0 Å². The third-order valence-corrected chi connectivity index (χ3v) is 4.36. The normalized spacial score (nSPS) is 30.7. The molecule has 4 nitrogen and oxygen atoms in total. The van der Waals surface area contributed by atoms with Crippen molar-refractivity contribution in [1.82, 2.24) is 0 Å². The van der Waals surface area contributed by atoms with Gasteiger partial charge in [0.05, 0.1) is 18.2 Å². The van der Waals surface area contributed by atoms with Crippen LogP contribution in [-0.4, -0.2) is 31.3 Å². The Morgan fingerprint density at radius 1 is 1.37 bits per heavy atom. The van der Waals surface area contributed by atoms with E-state index in [2.05, 4.69) is 22.0 Å². The Bertz CT molecular complexity index is 474. The van der Waals surface area contributed by atoms with E-state index in [1.54, 1.807) is 7.11 Å². The molecule has 3 rings (SSSR count). The van der Waals surface area contributed by atoms with E-state index in [1.165, 1.54) is 6.42 Å². The quantitative estimate of drug-likeness (QED) is 0.885. The van der Waals surface area contributed by atoms with Gasteiger partial charge < -0.3 is 15.4 Å². The third-order valence-electron chi connectivity index (χ3n) is 4.36. The molecule has 1 saturated carbocycles. The van der Waals surface area contributed by atoms with Crippen molar-refractivity contribution in [1.29, 1.82) is 0 Å². The van der Waals surface area contributed by atoms with Gasteiger partial charge in [-0.3, -0.25) is 4.99 Å². The first-order chi connectivity index (χ1) is 9.25. The molecule has 19 heavy (non-hydrogen) atoms. The molecule has 1 fully saturated rings. The molecule has 1 aliphatic carbocycles. The molecule has 1 heterocycles. The molecule has 0 bridgehead atoms. The van der Waals surface area contributed by atoms with Crippen molar-refractivity contribution in [3.05, 3.63) is 30.3 Å². The van der Waals surface area contributed by atoms with Gasteiger partial charge in [-0.1, -0.05) is 18.2 Å². The smallest absolute Gasteiger partial charge is 0.196 e. The highest BCUT2D eigenvalue weighted by Gasteiger charge is 2.46. The standard InChI is InChI=1S/C15H21N3O/c1-19-13-8-5-9-15(10-13)11-17-14(16)18(15)12-6-3-2-4-7-12/h2-4,6-7,13H,5,8-11H2,1H3,(H2,16,17). The summed E-state index contributed by atoms with van der Waals surface area (Å²) in [6.45, 7) is 0.785. The van der Waals surface area contributed by atoms with E-state index in [1.807, 2.05) is 18.2 Å². The fraction of sp³-hybridized carbons (Fsp3) is 0.533. The molecule has 4 heteroatoms. The number of benzene rings is 1. The molecule has 0 saturated heterocycles. The summed E-state index contributed by atoms with van der Waals surface area (Å²) in [7, 11) is 1.80. The Hall–Kier alpha value is -1.55. The lowest BCUT2D eigenvalue weighted by Crippen LogP contribution is -2.55. The molecule has 1 aromatic rings. The number of ether oxygens (including phenoxy) is 1. The minimum Gasteiger partial charge on any atom is -0.381 e. The molecule has 0 amide bonds. The molecule has 1 aliphatic heterocycles. The van der Waals surface area contributed by atoms with Crippen molar-refractivity contribution >= 4 is 11.6 Å². The monoisotopic (exact) mass is 259 g/mol. The molecule has 0 radical (unpaired) electrons. The van der Waals surface area contributed by atoms with E-state index < -0.39 is 0 Å². The maximum atomic E-state index is 6.14. The van der Waals surface area contributed by atoms with Crippen LogP contribution in [0.2, 0.25) is 0 Å². The maximum Gasteiger partial charge on any atom is 0.196 e. The van der Waals surface area contributed by atoms with E-state index in [4.69, 9.17) is 10.5 Å². The summed E-state index contributed by atoms with van der Waals surface area (Å²) in [6.07, 6.45) is 4.76. The van der Waals surface area contributed by atoms with Gasteiger partial charge in [0.15, 0.2) is 5.96 Å². The van der Waals surface area contributed by atoms with Crippen LogP contribution < -0.4 is 10.6 Å². The Balaban J connectivity index is 1.93. The van der Waals surface area contributed by atoms with Gasteiger partial charge in [-0.2, -0.15) is 0 Å². The van der Waals surface area contributed by atoms with Gasteiger partial charge in [-0.05, 0) is 37.8 Å².